The number of aliphatic hydroxyl groups excluding tert-OH is 1. The first-order valence-electron chi connectivity index (χ1n) is 6.57. The maximum Gasteiger partial charge on any atom is 0.142 e. The summed E-state index contributed by atoms with van der Waals surface area (Å²) < 4.78 is 0. The van der Waals surface area contributed by atoms with E-state index in [9.17, 15) is 5.11 Å². The second kappa shape index (κ2) is 5.77. The summed E-state index contributed by atoms with van der Waals surface area (Å²) >= 11 is 1.63. The summed E-state index contributed by atoms with van der Waals surface area (Å²) in [5, 5.41) is 12.4. The van der Waals surface area contributed by atoms with Crippen LogP contribution in [0.5, 0.6) is 0 Å². The molecule has 2 aromatic rings. The maximum absolute atomic E-state index is 9.33. The van der Waals surface area contributed by atoms with E-state index >= 15 is 0 Å². The highest BCUT2D eigenvalue weighted by atomic mass is 32.1. The van der Waals surface area contributed by atoms with E-state index in [1.807, 2.05) is 18.2 Å². The quantitative estimate of drug-likeness (QED) is 0.929. The van der Waals surface area contributed by atoms with Gasteiger partial charge in [0.15, 0.2) is 0 Å². The lowest BCUT2D eigenvalue weighted by Crippen LogP contribution is -2.31. The van der Waals surface area contributed by atoms with Gasteiger partial charge in [-0.3, -0.25) is 9.88 Å². The van der Waals surface area contributed by atoms with Crippen molar-refractivity contribution in [3.05, 3.63) is 35.5 Å². The Morgan fingerprint density at radius 1 is 1.42 bits per heavy atom. The van der Waals surface area contributed by atoms with E-state index in [2.05, 4.69) is 20.2 Å². The summed E-state index contributed by atoms with van der Waals surface area (Å²) in [6.07, 6.45) is 4.05. The van der Waals surface area contributed by atoms with Gasteiger partial charge in [0.05, 0.1) is 18.0 Å². The van der Waals surface area contributed by atoms with Crippen molar-refractivity contribution in [1.29, 1.82) is 0 Å². The Hall–Kier alpha value is -1.30. The number of hydrogen-bond acceptors (Lipinski definition) is 5. The topological polar surface area (TPSA) is 49.2 Å². The highest BCUT2D eigenvalue weighted by Gasteiger charge is 2.24. The first kappa shape index (κ1) is 12.7. The molecule has 1 aliphatic heterocycles. The summed E-state index contributed by atoms with van der Waals surface area (Å²) in [6, 6.07) is 6.18. The number of nitrogens with zero attached hydrogens (tertiary/aromatic N) is 3. The largest absolute Gasteiger partial charge is 0.395 e. The van der Waals surface area contributed by atoms with Crippen LogP contribution in [0.2, 0.25) is 0 Å². The van der Waals surface area contributed by atoms with Crippen molar-refractivity contribution in [3.63, 3.8) is 0 Å². The van der Waals surface area contributed by atoms with E-state index < -0.39 is 0 Å². The van der Waals surface area contributed by atoms with Crippen LogP contribution in [0.4, 0.5) is 0 Å². The Bertz CT molecular complexity index is 528. The molecule has 1 fully saturated rings. The first-order valence-corrected chi connectivity index (χ1v) is 7.45. The van der Waals surface area contributed by atoms with Crippen molar-refractivity contribution in [2.24, 2.45) is 0 Å². The van der Waals surface area contributed by atoms with E-state index in [1.165, 1.54) is 6.42 Å². The molecule has 4 nitrogen and oxygen atoms in total. The van der Waals surface area contributed by atoms with Crippen LogP contribution in [0.3, 0.4) is 0 Å². The number of likely N-dealkylation sites (tertiary alicyclic amines) is 1. The Morgan fingerprint density at radius 2 is 2.37 bits per heavy atom. The van der Waals surface area contributed by atoms with Crippen LogP contribution in [0, 0.1) is 0 Å². The molecule has 0 spiro atoms. The van der Waals surface area contributed by atoms with Gasteiger partial charge in [-0.15, -0.1) is 11.3 Å². The second-order valence-electron chi connectivity index (χ2n) is 4.81. The molecule has 1 atom stereocenters. The van der Waals surface area contributed by atoms with Gasteiger partial charge in [0.25, 0.3) is 0 Å². The van der Waals surface area contributed by atoms with E-state index in [0.29, 0.717) is 6.04 Å². The maximum atomic E-state index is 9.33. The molecule has 0 radical (unpaired) electrons. The Morgan fingerprint density at radius 3 is 3.16 bits per heavy atom. The van der Waals surface area contributed by atoms with E-state index in [4.69, 9.17) is 0 Å². The van der Waals surface area contributed by atoms with Crippen LogP contribution in [-0.4, -0.2) is 39.2 Å². The van der Waals surface area contributed by atoms with Crippen molar-refractivity contribution in [3.8, 4) is 10.7 Å². The molecule has 1 aliphatic rings. The molecule has 5 heteroatoms. The number of hydrogen-bond donors (Lipinski definition) is 1. The molecule has 3 rings (SSSR count). The van der Waals surface area contributed by atoms with Crippen LogP contribution >= 0.6 is 11.3 Å². The fourth-order valence-electron chi connectivity index (χ4n) is 2.50. The zero-order valence-electron chi connectivity index (χ0n) is 10.7. The highest BCUT2D eigenvalue weighted by Crippen LogP contribution is 2.24. The summed E-state index contributed by atoms with van der Waals surface area (Å²) in [6.45, 7) is 2.13. The third kappa shape index (κ3) is 2.83. The monoisotopic (exact) mass is 275 g/mol. The molecule has 0 saturated carbocycles. The molecular formula is C14H17N3OS. The number of thiazole rings is 1. The predicted molar refractivity (Wildman–Crippen MR) is 75.9 cm³/mol. The zero-order valence-corrected chi connectivity index (χ0v) is 11.5. The van der Waals surface area contributed by atoms with Gasteiger partial charge in [0.1, 0.15) is 5.01 Å². The highest BCUT2D eigenvalue weighted by molar-refractivity contribution is 7.13. The van der Waals surface area contributed by atoms with Crippen molar-refractivity contribution in [2.45, 2.75) is 25.4 Å². The molecule has 0 aliphatic carbocycles. The molecule has 0 bridgehead atoms. The second-order valence-corrected chi connectivity index (χ2v) is 5.67. The minimum Gasteiger partial charge on any atom is -0.395 e. The number of aromatic nitrogens is 2. The van der Waals surface area contributed by atoms with Crippen LogP contribution in [0.1, 0.15) is 18.5 Å². The van der Waals surface area contributed by atoms with Crippen molar-refractivity contribution in [1.82, 2.24) is 14.9 Å². The molecule has 0 aromatic carbocycles. The summed E-state index contributed by atoms with van der Waals surface area (Å²) in [4.78, 5) is 11.3. The van der Waals surface area contributed by atoms with Gasteiger partial charge >= 0.3 is 0 Å². The van der Waals surface area contributed by atoms with Crippen molar-refractivity contribution in [2.75, 3.05) is 13.2 Å². The zero-order chi connectivity index (χ0) is 13.1. The lowest BCUT2D eigenvalue weighted by Gasteiger charge is -2.21. The van der Waals surface area contributed by atoms with Gasteiger partial charge < -0.3 is 5.11 Å². The summed E-state index contributed by atoms with van der Waals surface area (Å²) in [7, 11) is 0. The minimum absolute atomic E-state index is 0.247. The van der Waals surface area contributed by atoms with Crippen LogP contribution in [0.15, 0.2) is 29.8 Å². The number of rotatable bonds is 4. The molecule has 1 saturated heterocycles. The Balaban J connectivity index is 1.72. The Kier molecular flexibility index (Phi) is 3.87. The van der Waals surface area contributed by atoms with Gasteiger partial charge in [0.2, 0.25) is 0 Å². The first-order chi connectivity index (χ1) is 9.36. The molecule has 100 valence electrons. The Labute approximate surface area is 116 Å². The van der Waals surface area contributed by atoms with Gasteiger partial charge in [-0.05, 0) is 31.5 Å². The van der Waals surface area contributed by atoms with Crippen LogP contribution in [0.25, 0.3) is 10.7 Å². The fraction of sp³-hybridized carbons (Fsp3) is 0.429. The normalized spacial score (nSPS) is 19.9. The van der Waals surface area contributed by atoms with Crippen LogP contribution < -0.4 is 0 Å². The molecule has 2 aromatic heterocycles. The molecule has 1 N–H and O–H groups in total. The van der Waals surface area contributed by atoms with Gasteiger partial charge in [0, 0.05) is 24.2 Å². The molecule has 19 heavy (non-hydrogen) atoms. The van der Waals surface area contributed by atoms with Gasteiger partial charge in [-0.2, -0.15) is 0 Å². The molecule has 3 heterocycles. The van der Waals surface area contributed by atoms with E-state index in [-0.39, 0.29) is 6.61 Å². The van der Waals surface area contributed by atoms with Crippen LogP contribution in [-0.2, 0) is 6.54 Å². The average molecular weight is 275 g/mol. The van der Waals surface area contributed by atoms with E-state index in [1.54, 1.807) is 17.5 Å². The van der Waals surface area contributed by atoms with Gasteiger partial charge in [-0.1, -0.05) is 6.07 Å². The predicted octanol–water partition coefficient (Wildman–Crippen LogP) is 2.16. The fourth-order valence-corrected chi connectivity index (χ4v) is 3.29. The average Bonchev–Trinajstić information content (AvgIpc) is 3.09. The number of pyridine rings is 1. The lowest BCUT2D eigenvalue weighted by molar-refractivity contribution is 0.152. The smallest absolute Gasteiger partial charge is 0.142 e. The standard InChI is InChI=1S/C14H17N3OS/c18-9-12-4-3-7-17(12)8-11-10-19-14(16-11)13-5-1-2-6-15-13/h1-2,5-6,10,12,18H,3-4,7-9H2. The van der Waals surface area contributed by atoms with Crippen molar-refractivity contribution >= 4 is 11.3 Å². The third-order valence-electron chi connectivity index (χ3n) is 3.51. The SMILES string of the molecule is OCC1CCCN1Cc1csc(-c2ccccn2)n1. The summed E-state index contributed by atoms with van der Waals surface area (Å²) in [5.74, 6) is 0. The minimum atomic E-state index is 0.247. The van der Waals surface area contributed by atoms with Gasteiger partial charge in [-0.25, -0.2) is 4.98 Å². The van der Waals surface area contributed by atoms with E-state index in [0.717, 1.165) is 35.9 Å². The molecule has 0 amide bonds. The lowest BCUT2D eigenvalue weighted by atomic mass is 10.2. The molecule has 1 unspecified atom stereocenters. The third-order valence-corrected chi connectivity index (χ3v) is 4.42. The van der Waals surface area contributed by atoms with Crippen molar-refractivity contribution < 1.29 is 5.11 Å². The molecular weight excluding hydrogens is 258 g/mol. The number of aliphatic hydroxyl groups is 1. The summed E-state index contributed by atoms with van der Waals surface area (Å²) in [5.41, 5.74) is 2.00.